The Kier molecular flexibility index (Phi) is 9.00. The lowest BCUT2D eigenvalue weighted by Crippen LogP contribution is -2.39. The zero-order valence-electron chi connectivity index (χ0n) is 14.7. The summed E-state index contributed by atoms with van der Waals surface area (Å²) in [6.45, 7) is 2.32. The van der Waals surface area contributed by atoms with Crippen LogP contribution in [0.1, 0.15) is 11.1 Å². The molecule has 0 radical (unpaired) electrons. The Bertz CT molecular complexity index is 843. The molecule has 0 bridgehead atoms. The highest BCUT2D eigenvalue weighted by atomic mass is 127. The molecule has 5 nitrogen and oxygen atoms in total. The average molecular weight is 491 g/mol. The van der Waals surface area contributed by atoms with Crippen molar-refractivity contribution in [1.82, 2.24) is 10.6 Å². The number of hydrogen-bond acceptors (Lipinski definition) is 3. The van der Waals surface area contributed by atoms with E-state index < -0.39 is 9.84 Å². The van der Waals surface area contributed by atoms with E-state index in [1.165, 1.54) is 6.07 Å². The molecule has 0 atom stereocenters. The van der Waals surface area contributed by atoms with Crippen LogP contribution in [0, 0.1) is 12.7 Å². The Morgan fingerprint density at radius 2 is 1.81 bits per heavy atom. The second kappa shape index (κ2) is 10.5. The van der Waals surface area contributed by atoms with Crippen LogP contribution in [-0.4, -0.2) is 33.7 Å². The zero-order valence-corrected chi connectivity index (χ0v) is 17.8. The van der Waals surface area contributed by atoms with Crippen LogP contribution in [0.5, 0.6) is 0 Å². The minimum absolute atomic E-state index is 0. The highest BCUT2D eigenvalue weighted by Gasteiger charge is 2.13. The molecule has 2 rings (SSSR count). The molecule has 0 unspecified atom stereocenters. The smallest absolute Gasteiger partial charge is 0.191 e. The van der Waals surface area contributed by atoms with Crippen LogP contribution in [0.4, 0.5) is 4.39 Å². The van der Waals surface area contributed by atoms with Crippen molar-refractivity contribution in [3.05, 3.63) is 65.5 Å². The maximum Gasteiger partial charge on any atom is 0.191 e. The Balaban J connectivity index is 0.00000338. The Hall–Kier alpha value is -1.68. The van der Waals surface area contributed by atoms with Gasteiger partial charge in [-0.2, -0.15) is 0 Å². The van der Waals surface area contributed by atoms with Crippen molar-refractivity contribution >= 4 is 39.8 Å². The largest absolute Gasteiger partial charge is 0.355 e. The number of guanidine groups is 1. The first-order valence-electron chi connectivity index (χ1n) is 7.90. The van der Waals surface area contributed by atoms with Crippen molar-refractivity contribution in [3.63, 3.8) is 0 Å². The normalized spacial score (nSPS) is 11.6. The molecule has 2 N–H and O–H groups in total. The first-order valence-corrected chi connectivity index (χ1v) is 9.55. The van der Waals surface area contributed by atoms with Gasteiger partial charge in [0.2, 0.25) is 0 Å². The predicted molar refractivity (Wildman–Crippen MR) is 113 cm³/mol. The van der Waals surface area contributed by atoms with Gasteiger partial charge in [-0.3, -0.25) is 4.99 Å². The SMILES string of the molecule is CN=C(NCCS(=O)(=O)c1ccccc1)NCc1ccc(C)c(F)c1.I. The Morgan fingerprint density at radius 1 is 1.12 bits per heavy atom. The van der Waals surface area contributed by atoms with E-state index in [-0.39, 0.29) is 42.1 Å². The number of nitrogens with one attached hydrogen (secondary N) is 2. The summed E-state index contributed by atoms with van der Waals surface area (Å²) in [6, 6.07) is 13.3. The van der Waals surface area contributed by atoms with E-state index >= 15 is 0 Å². The summed E-state index contributed by atoms with van der Waals surface area (Å²) in [6.07, 6.45) is 0. The number of rotatable bonds is 6. The van der Waals surface area contributed by atoms with Gasteiger partial charge in [0, 0.05) is 20.1 Å². The lowest BCUT2D eigenvalue weighted by Gasteiger charge is -2.12. The number of aliphatic imine (C=N–C) groups is 1. The molecule has 0 aliphatic rings. The average Bonchev–Trinajstić information content (AvgIpc) is 2.61. The fraction of sp³-hybridized carbons (Fsp3) is 0.278. The molecule has 0 saturated heterocycles. The highest BCUT2D eigenvalue weighted by molar-refractivity contribution is 14.0. The number of hydrogen-bond donors (Lipinski definition) is 2. The summed E-state index contributed by atoms with van der Waals surface area (Å²) < 4.78 is 38.0. The highest BCUT2D eigenvalue weighted by Crippen LogP contribution is 2.10. The fourth-order valence-corrected chi connectivity index (χ4v) is 3.38. The van der Waals surface area contributed by atoms with Crippen LogP contribution >= 0.6 is 24.0 Å². The lowest BCUT2D eigenvalue weighted by molar-refractivity contribution is 0.594. The van der Waals surface area contributed by atoms with E-state index in [0.29, 0.717) is 23.0 Å². The molecule has 142 valence electrons. The number of halogens is 2. The van der Waals surface area contributed by atoms with Crippen molar-refractivity contribution in [3.8, 4) is 0 Å². The Labute approximate surface area is 171 Å². The monoisotopic (exact) mass is 491 g/mol. The molecular weight excluding hydrogens is 468 g/mol. The van der Waals surface area contributed by atoms with Crippen LogP contribution in [0.15, 0.2) is 58.4 Å². The van der Waals surface area contributed by atoms with Crippen LogP contribution < -0.4 is 10.6 Å². The van der Waals surface area contributed by atoms with E-state index in [1.807, 2.05) is 6.07 Å². The maximum atomic E-state index is 13.5. The van der Waals surface area contributed by atoms with Crippen molar-refractivity contribution < 1.29 is 12.8 Å². The van der Waals surface area contributed by atoms with E-state index in [4.69, 9.17) is 0 Å². The molecule has 0 spiro atoms. The van der Waals surface area contributed by atoms with E-state index in [2.05, 4.69) is 15.6 Å². The molecule has 0 heterocycles. The van der Waals surface area contributed by atoms with Crippen LogP contribution in [0.25, 0.3) is 0 Å². The minimum atomic E-state index is -3.34. The minimum Gasteiger partial charge on any atom is -0.355 e. The summed E-state index contributed by atoms with van der Waals surface area (Å²) in [5, 5.41) is 5.99. The van der Waals surface area contributed by atoms with Crippen molar-refractivity contribution in [2.45, 2.75) is 18.4 Å². The molecule has 2 aromatic carbocycles. The van der Waals surface area contributed by atoms with Gasteiger partial charge in [0.05, 0.1) is 10.6 Å². The van der Waals surface area contributed by atoms with Crippen LogP contribution in [-0.2, 0) is 16.4 Å². The molecule has 2 aromatic rings. The second-order valence-electron chi connectivity index (χ2n) is 5.57. The molecule has 26 heavy (non-hydrogen) atoms. The third-order valence-electron chi connectivity index (χ3n) is 3.69. The van der Waals surface area contributed by atoms with Gasteiger partial charge in [-0.05, 0) is 36.2 Å². The number of aryl methyl sites for hydroxylation is 1. The summed E-state index contributed by atoms with van der Waals surface area (Å²) >= 11 is 0. The van der Waals surface area contributed by atoms with Gasteiger partial charge < -0.3 is 10.6 Å². The summed E-state index contributed by atoms with van der Waals surface area (Å²) in [7, 11) is -1.74. The van der Waals surface area contributed by atoms with Gasteiger partial charge in [-0.15, -0.1) is 24.0 Å². The lowest BCUT2D eigenvalue weighted by atomic mass is 10.1. The quantitative estimate of drug-likeness (QED) is 0.371. The van der Waals surface area contributed by atoms with Crippen LogP contribution in [0.2, 0.25) is 0 Å². The Morgan fingerprint density at radius 3 is 2.42 bits per heavy atom. The van der Waals surface area contributed by atoms with Gasteiger partial charge in [-0.25, -0.2) is 12.8 Å². The number of sulfone groups is 1. The summed E-state index contributed by atoms with van der Waals surface area (Å²) in [5.41, 5.74) is 1.38. The van der Waals surface area contributed by atoms with Gasteiger partial charge in [0.15, 0.2) is 15.8 Å². The van der Waals surface area contributed by atoms with Crippen molar-refractivity contribution in [2.24, 2.45) is 4.99 Å². The molecular formula is C18H23FIN3O2S. The molecule has 0 aliphatic heterocycles. The third kappa shape index (κ3) is 6.56. The number of nitrogens with zero attached hydrogens (tertiary/aromatic N) is 1. The fourth-order valence-electron chi connectivity index (χ4n) is 2.20. The molecule has 0 saturated carbocycles. The van der Waals surface area contributed by atoms with Gasteiger partial charge in [0.25, 0.3) is 0 Å². The molecule has 0 amide bonds. The van der Waals surface area contributed by atoms with Crippen LogP contribution in [0.3, 0.4) is 0 Å². The summed E-state index contributed by atoms with van der Waals surface area (Å²) in [4.78, 5) is 4.34. The zero-order chi connectivity index (χ0) is 18.3. The third-order valence-corrected chi connectivity index (χ3v) is 5.42. The predicted octanol–water partition coefficient (Wildman–Crippen LogP) is 2.89. The van der Waals surface area contributed by atoms with Crippen molar-refractivity contribution in [1.29, 1.82) is 0 Å². The molecule has 0 aliphatic carbocycles. The first kappa shape index (κ1) is 22.4. The topological polar surface area (TPSA) is 70.6 Å². The van der Waals surface area contributed by atoms with Crippen molar-refractivity contribution in [2.75, 3.05) is 19.3 Å². The molecule has 0 fully saturated rings. The van der Waals surface area contributed by atoms with Gasteiger partial charge in [-0.1, -0.05) is 30.3 Å². The van der Waals surface area contributed by atoms with E-state index in [0.717, 1.165) is 5.56 Å². The number of benzene rings is 2. The first-order chi connectivity index (χ1) is 11.9. The standard InChI is InChI=1S/C18H22FN3O2S.HI/c1-14-8-9-15(12-17(14)19)13-22-18(20-2)21-10-11-25(23,24)16-6-4-3-5-7-16;/h3-9,12H,10-11,13H2,1-2H3,(H2,20,21,22);1H. The van der Waals surface area contributed by atoms with E-state index in [1.54, 1.807) is 50.4 Å². The molecule has 0 aromatic heterocycles. The maximum absolute atomic E-state index is 13.5. The van der Waals surface area contributed by atoms with E-state index in [9.17, 15) is 12.8 Å². The summed E-state index contributed by atoms with van der Waals surface area (Å²) in [5.74, 6) is 0.164. The van der Waals surface area contributed by atoms with Gasteiger partial charge >= 0.3 is 0 Å². The second-order valence-corrected chi connectivity index (χ2v) is 7.68. The molecule has 8 heteroatoms. The van der Waals surface area contributed by atoms with Gasteiger partial charge in [0.1, 0.15) is 5.82 Å².